The van der Waals surface area contributed by atoms with Crippen LogP contribution in [-0.2, 0) is 9.53 Å². The lowest BCUT2D eigenvalue weighted by Gasteiger charge is -2.38. The molecule has 5 rings (SSSR count). The number of nitrogens with zero attached hydrogens (tertiary/aromatic N) is 2. The number of esters is 1. The van der Waals surface area contributed by atoms with Crippen LogP contribution < -0.4 is 9.47 Å². The van der Waals surface area contributed by atoms with Crippen LogP contribution in [0.4, 0.5) is 0 Å². The molecule has 2 aliphatic rings. The molecule has 38 heavy (non-hydrogen) atoms. The van der Waals surface area contributed by atoms with E-state index in [1.54, 1.807) is 43.5 Å². The van der Waals surface area contributed by atoms with Gasteiger partial charge in [0.05, 0.1) is 12.1 Å². The monoisotopic (exact) mass is 514 g/mol. The van der Waals surface area contributed by atoms with Gasteiger partial charge >= 0.3 is 5.97 Å². The van der Waals surface area contributed by atoms with Crippen molar-refractivity contribution in [1.29, 1.82) is 0 Å². The molecule has 2 aliphatic heterocycles. The Balaban J connectivity index is 1.39. The van der Waals surface area contributed by atoms with E-state index in [-0.39, 0.29) is 36.9 Å². The fraction of sp³-hybridized carbons (Fsp3) is 0.333. The molecule has 1 unspecified atom stereocenters. The third-order valence-corrected chi connectivity index (χ3v) is 7.34. The zero-order valence-corrected chi connectivity index (χ0v) is 21.3. The van der Waals surface area contributed by atoms with Crippen molar-refractivity contribution in [1.82, 2.24) is 9.88 Å². The molecule has 3 heterocycles. The van der Waals surface area contributed by atoms with Gasteiger partial charge in [0.2, 0.25) is 6.79 Å². The molecule has 2 aromatic carbocycles. The van der Waals surface area contributed by atoms with Gasteiger partial charge in [-0.15, -0.1) is 6.58 Å². The van der Waals surface area contributed by atoms with E-state index in [1.807, 2.05) is 29.2 Å². The molecule has 8 nitrogen and oxygen atoms in total. The number of fused-ring (bicyclic) bond motifs is 2. The van der Waals surface area contributed by atoms with E-state index in [9.17, 15) is 14.4 Å². The summed E-state index contributed by atoms with van der Waals surface area (Å²) < 4.78 is 16.3. The Morgan fingerprint density at radius 2 is 1.92 bits per heavy atom. The maximum Gasteiger partial charge on any atom is 0.316 e. The second kappa shape index (κ2) is 11.0. The van der Waals surface area contributed by atoms with Crippen molar-refractivity contribution in [3.8, 4) is 11.5 Å². The van der Waals surface area contributed by atoms with Crippen LogP contribution in [0.1, 0.15) is 40.5 Å². The zero-order valence-electron chi connectivity index (χ0n) is 21.3. The van der Waals surface area contributed by atoms with Gasteiger partial charge in [-0.25, -0.2) is 0 Å². The lowest BCUT2D eigenvalue weighted by Crippen LogP contribution is -2.44. The summed E-state index contributed by atoms with van der Waals surface area (Å²) in [5.41, 5.74) is 1.61. The summed E-state index contributed by atoms with van der Waals surface area (Å²) in [7, 11) is 0. The van der Waals surface area contributed by atoms with Crippen molar-refractivity contribution in [2.45, 2.75) is 19.8 Å². The summed E-state index contributed by atoms with van der Waals surface area (Å²) >= 11 is 0. The smallest absolute Gasteiger partial charge is 0.316 e. The number of ether oxygens (including phenoxy) is 3. The largest absolute Gasteiger partial charge is 0.465 e. The minimum atomic E-state index is -0.991. The van der Waals surface area contributed by atoms with Crippen molar-refractivity contribution >= 4 is 28.6 Å². The number of pyridine rings is 1. The third kappa shape index (κ3) is 4.98. The molecule has 1 amide bonds. The molecule has 0 saturated carbocycles. The van der Waals surface area contributed by atoms with E-state index in [0.29, 0.717) is 59.5 Å². The number of ketones is 1. The maximum atomic E-state index is 13.9. The minimum absolute atomic E-state index is 0.0141. The second-order valence-corrected chi connectivity index (χ2v) is 9.55. The highest BCUT2D eigenvalue weighted by Crippen LogP contribution is 2.38. The molecule has 0 bridgehead atoms. The molecule has 0 aliphatic carbocycles. The maximum absolute atomic E-state index is 13.9. The van der Waals surface area contributed by atoms with Gasteiger partial charge in [0, 0.05) is 41.9 Å². The number of hydrogen-bond donors (Lipinski definition) is 0. The lowest BCUT2D eigenvalue weighted by atomic mass is 9.77. The molecule has 0 spiro atoms. The Morgan fingerprint density at radius 3 is 2.66 bits per heavy atom. The molecule has 0 radical (unpaired) electrons. The van der Waals surface area contributed by atoms with Crippen LogP contribution in [0, 0.1) is 17.8 Å². The van der Waals surface area contributed by atoms with Gasteiger partial charge in [-0.3, -0.25) is 19.4 Å². The average Bonchev–Trinajstić information content (AvgIpc) is 3.41. The summed E-state index contributed by atoms with van der Waals surface area (Å²) in [6.07, 6.45) is 4.33. The Kier molecular flexibility index (Phi) is 7.40. The van der Waals surface area contributed by atoms with E-state index in [2.05, 4.69) is 11.6 Å². The quantitative estimate of drug-likeness (QED) is 0.186. The van der Waals surface area contributed by atoms with E-state index >= 15 is 0 Å². The van der Waals surface area contributed by atoms with Gasteiger partial charge in [0.1, 0.15) is 5.92 Å². The SMILES string of the molecule is C=C[C@H]1CN(C(=O)c2ccccc2)CC[C@H]1CC(C(=O)OCC)C(=O)c1ccnc2cc3c(cc12)OCO3. The van der Waals surface area contributed by atoms with Crippen molar-refractivity contribution < 1.29 is 28.6 Å². The van der Waals surface area contributed by atoms with Crippen molar-refractivity contribution in [3.63, 3.8) is 0 Å². The Hall–Kier alpha value is -4.20. The molecule has 1 aromatic heterocycles. The number of benzene rings is 2. The van der Waals surface area contributed by atoms with Crippen molar-refractivity contribution in [3.05, 3.63) is 78.5 Å². The summed E-state index contributed by atoms with van der Waals surface area (Å²) in [5, 5.41) is 0.597. The van der Waals surface area contributed by atoms with Crippen molar-refractivity contribution in [2.24, 2.45) is 17.8 Å². The molecule has 1 fully saturated rings. The standard InChI is InChI=1S/C30H30N2O6/c1-3-19-17-32(29(34)20-8-6-5-7-9-20)13-11-21(19)14-24(30(35)36-4-2)28(33)22-10-12-31-25-16-27-26(15-23(22)25)37-18-38-27/h3,5-10,12,15-16,19,21,24H,1,4,11,13-14,17-18H2,2H3/t19-,21-,24?/m0/s1. The fourth-order valence-electron chi connectivity index (χ4n) is 5.33. The van der Waals surface area contributed by atoms with Gasteiger partial charge in [0.15, 0.2) is 17.3 Å². The molecular formula is C30H30N2O6. The number of rotatable bonds is 8. The highest BCUT2D eigenvalue weighted by molar-refractivity contribution is 6.15. The fourth-order valence-corrected chi connectivity index (χ4v) is 5.33. The van der Waals surface area contributed by atoms with Gasteiger partial charge in [-0.2, -0.15) is 0 Å². The Bertz CT molecular complexity index is 1370. The first kappa shape index (κ1) is 25.4. The number of hydrogen-bond acceptors (Lipinski definition) is 7. The van der Waals surface area contributed by atoms with E-state index in [0.717, 1.165) is 0 Å². The average molecular weight is 515 g/mol. The number of piperidine rings is 1. The van der Waals surface area contributed by atoms with Gasteiger partial charge in [0.25, 0.3) is 5.91 Å². The normalized spacial score (nSPS) is 19.1. The van der Waals surface area contributed by atoms with Gasteiger partial charge in [-0.05, 0) is 55.9 Å². The van der Waals surface area contributed by atoms with E-state index in [1.165, 1.54) is 0 Å². The predicted octanol–water partition coefficient (Wildman–Crippen LogP) is 4.68. The molecule has 8 heteroatoms. The number of Topliss-reactive ketones (excluding diaryl/α,β-unsaturated/α-hetero) is 1. The second-order valence-electron chi connectivity index (χ2n) is 9.55. The van der Waals surface area contributed by atoms with Crippen LogP contribution in [0.3, 0.4) is 0 Å². The predicted molar refractivity (Wildman–Crippen MR) is 141 cm³/mol. The van der Waals surface area contributed by atoms with Crippen LogP contribution in [0.25, 0.3) is 10.9 Å². The molecule has 3 atom stereocenters. The number of aromatic nitrogens is 1. The summed E-state index contributed by atoms with van der Waals surface area (Å²) in [4.78, 5) is 46.2. The first-order valence-electron chi connectivity index (χ1n) is 12.9. The summed E-state index contributed by atoms with van der Waals surface area (Å²) in [5.74, 6) is -0.861. The summed E-state index contributed by atoms with van der Waals surface area (Å²) in [6, 6.07) is 14.3. The number of carbonyl (C=O) groups excluding carboxylic acids is 3. The molecular weight excluding hydrogens is 484 g/mol. The number of likely N-dealkylation sites (tertiary alicyclic amines) is 1. The van der Waals surface area contributed by atoms with Crippen LogP contribution in [-0.4, -0.2) is 54.0 Å². The van der Waals surface area contributed by atoms with E-state index in [4.69, 9.17) is 14.2 Å². The van der Waals surface area contributed by atoms with Crippen LogP contribution in [0.15, 0.2) is 67.4 Å². The lowest BCUT2D eigenvalue weighted by molar-refractivity contribution is -0.147. The van der Waals surface area contributed by atoms with Gasteiger partial charge < -0.3 is 19.1 Å². The highest BCUT2D eigenvalue weighted by Gasteiger charge is 2.38. The van der Waals surface area contributed by atoms with Crippen LogP contribution >= 0.6 is 0 Å². The van der Waals surface area contributed by atoms with Crippen LogP contribution in [0.5, 0.6) is 11.5 Å². The molecule has 196 valence electrons. The first-order chi connectivity index (χ1) is 18.5. The molecule has 0 N–H and O–H groups in total. The van der Waals surface area contributed by atoms with E-state index < -0.39 is 11.9 Å². The minimum Gasteiger partial charge on any atom is -0.465 e. The Morgan fingerprint density at radius 1 is 1.16 bits per heavy atom. The Labute approximate surface area is 221 Å². The molecule has 3 aromatic rings. The number of amides is 1. The van der Waals surface area contributed by atoms with Gasteiger partial charge in [-0.1, -0.05) is 24.3 Å². The first-order valence-corrected chi connectivity index (χ1v) is 12.9. The number of carbonyl (C=O) groups is 3. The topological polar surface area (TPSA) is 95.0 Å². The van der Waals surface area contributed by atoms with Crippen molar-refractivity contribution in [2.75, 3.05) is 26.5 Å². The highest BCUT2D eigenvalue weighted by atomic mass is 16.7. The zero-order chi connectivity index (χ0) is 26.6. The third-order valence-electron chi connectivity index (χ3n) is 7.34. The van der Waals surface area contributed by atoms with Crippen LogP contribution in [0.2, 0.25) is 0 Å². The summed E-state index contributed by atoms with van der Waals surface area (Å²) in [6.45, 7) is 7.01. The molecule has 1 saturated heterocycles.